The summed E-state index contributed by atoms with van der Waals surface area (Å²) in [5.74, 6) is -0.289. The number of aromatic nitrogens is 3. The van der Waals surface area contributed by atoms with Gasteiger partial charge in [-0.15, -0.1) is 0 Å². The van der Waals surface area contributed by atoms with E-state index in [9.17, 15) is 9.59 Å². The first-order chi connectivity index (χ1) is 16.5. The standard InChI is InChI=1S/C25H22N4O5/c1-17-14-23(34-28-17)26-22(30)16-33-24(31)13-10-19-15-29(20-6-4-3-5-7-20)27-25(19)18-8-11-21(32-2)12-9-18/h3-15H,16H2,1-2H3,(H,26,30)/b13-10+. The van der Waals surface area contributed by atoms with Crippen LogP contribution in [-0.4, -0.2) is 40.5 Å². The molecular formula is C25H22N4O5. The fourth-order valence-electron chi connectivity index (χ4n) is 3.13. The van der Waals surface area contributed by atoms with Crippen LogP contribution in [0.1, 0.15) is 11.3 Å². The zero-order valence-corrected chi connectivity index (χ0v) is 18.6. The van der Waals surface area contributed by atoms with E-state index < -0.39 is 18.5 Å². The Labute approximate surface area is 195 Å². The highest BCUT2D eigenvalue weighted by Crippen LogP contribution is 2.26. The molecule has 0 radical (unpaired) electrons. The van der Waals surface area contributed by atoms with E-state index in [4.69, 9.17) is 19.1 Å². The van der Waals surface area contributed by atoms with Crippen molar-refractivity contribution in [3.05, 3.63) is 84.2 Å². The molecule has 0 unspecified atom stereocenters. The van der Waals surface area contributed by atoms with E-state index in [1.165, 1.54) is 6.08 Å². The second-order valence-electron chi connectivity index (χ2n) is 7.26. The van der Waals surface area contributed by atoms with Crippen LogP contribution >= 0.6 is 0 Å². The molecule has 0 aliphatic carbocycles. The van der Waals surface area contributed by atoms with Gasteiger partial charge in [0.15, 0.2) is 6.61 Å². The number of nitrogens with zero attached hydrogens (tertiary/aromatic N) is 3. The van der Waals surface area contributed by atoms with Crippen molar-refractivity contribution in [3.63, 3.8) is 0 Å². The van der Waals surface area contributed by atoms with Gasteiger partial charge in [-0.3, -0.25) is 10.1 Å². The SMILES string of the molecule is COc1ccc(-c2nn(-c3ccccc3)cc2/C=C/C(=O)OCC(=O)Nc2cc(C)no2)cc1. The van der Waals surface area contributed by atoms with Gasteiger partial charge < -0.3 is 14.0 Å². The van der Waals surface area contributed by atoms with Crippen molar-refractivity contribution in [3.8, 4) is 22.7 Å². The highest BCUT2D eigenvalue weighted by molar-refractivity contribution is 5.94. The molecule has 0 saturated heterocycles. The van der Waals surface area contributed by atoms with Crippen molar-refractivity contribution in [2.45, 2.75) is 6.92 Å². The highest BCUT2D eigenvalue weighted by atomic mass is 16.5. The topological polar surface area (TPSA) is 108 Å². The lowest BCUT2D eigenvalue weighted by molar-refractivity contribution is -0.142. The Morgan fingerprint density at radius 2 is 1.88 bits per heavy atom. The number of para-hydroxylation sites is 1. The van der Waals surface area contributed by atoms with Gasteiger partial charge in [0, 0.05) is 29.5 Å². The van der Waals surface area contributed by atoms with Crippen molar-refractivity contribution >= 4 is 23.8 Å². The van der Waals surface area contributed by atoms with Crippen LogP contribution in [0.5, 0.6) is 5.75 Å². The normalized spacial score (nSPS) is 10.9. The number of esters is 1. The molecule has 172 valence electrons. The summed E-state index contributed by atoms with van der Waals surface area (Å²) in [5.41, 5.74) is 3.73. The van der Waals surface area contributed by atoms with Crippen LogP contribution in [0.2, 0.25) is 0 Å². The molecule has 1 amide bonds. The lowest BCUT2D eigenvalue weighted by Gasteiger charge is -2.03. The fourth-order valence-corrected chi connectivity index (χ4v) is 3.13. The third-order valence-corrected chi connectivity index (χ3v) is 4.76. The largest absolute Gasteiger partial charge is 0.497 e. The monoisotopic (exact) mass is 458 g/mol. The molecule has 0 spiro atoms. The molecule has 1 N–H and O–H groups in total. The average molecular weight is 458 g/mol. The number of nitrogens with one attached hydrogen (secondary N) is 1. The van der Waals surface area contributed by atoms with E-state index in [1.54, 1.807) is 30.9 Å². The zero-order chi connectivity index (χ0) is 23.9. The first kappa shape index (κ1) is 22.5. The Hall–Kier alpha value is -4.66. The summed E-state index contributed by atoms with van der Waals surface area (Å²) in [6.07, 6.45) is 4.68. The number of ether oxygens (including phenoxy) is 2. The average Bonchev–Trinajstić information content (AvgIpc) is 3.48. The Morgan fingerprint density at radius 1 is 1.12 bits per heavy atom. The molecule has 0 aliphatic heterocycles. The number of aryl methyl sites for hydroxylation is 1. The van der Waals surface area contributed by atoms with Gasteiger partial charge in [-0.05, 0) is 49.4 Å². The molecule has 0 fully saturated rings. The van der Waals surface area contributed by atoms with Crippen LogP contribution in [0.4, 0.5) is 5.88 Å². The molecule has 4 aromatic rings. The number of methoxy groups -OCH3 is 1. The van der Waals surface area contributed by atoms with Crippen LogP contribution in [0.3, 0.4) is 0 Å². The maximum absolute atomic E-state index is 12.2. The summed E-state index contributed by atoms with van der Waals surface area (Å²) in [6, 6.07) is 18.6. The fraction of sp³-hybridized carbons (Fsp3) is 0.120. The lowest BCUT2D eigenvalue weighted by atomic mass is 10.1. The molecule has 9 heteroatoms. The van der Waals surface area contributed by atoms with Crippen LogP contribution in [0.15, 0.2) is 77.5 Å². The number of hydrogen-bond donors (Lipinski definition) is 1. The maximum atomic E-state index is 12.2. The van der Waals surface area contributed by atoms with E-state index in [-0.39, 0.29) is 5.88 Å². The van der Waals surface area contributed by atoms with E-state index in [1.807, 2.05) is 60.8 Å². The molecule has 2 aromatic heterocycles. The predicted molar refractivity (Wildman–Crippen MR) is 125 cm³/mol. The minimum absolute atomic E-state index is 0.187. The summed E-state index contributed by atoms with van der Waals surface area (Å²) in [6.45, 7) is 1.27. The maximum Gasteiger partial charge on any atom is 0.331 e. The molecule has 2 heterocycles. The van der Waals surface area contributed by atoms with E-state index in [0.717, 1.165) is 17.0 Å². The number of carbonyl (C=O) groups is 2. The van der Waals surface area contributed by atoms with Crippen molar-refractivity contribution in [1.82, 2.24) is 14.9 Å². The zero-order valence-electron chi connectivity index (χ0n) is 18.6. The number of rotatable bonds is 8. The molecular weight excluding hydrogens is 436 g/mol. The Bertz CT molecular complexity index is 1310. The molecule has 4 rings (SSSR count). The van der Waals surface area contributed by atoms with Crippen LogP contribution in [0.25, 0.3) is 23.0 Å². The molecule has 2 aromatic carbocycles. The van der Waals surface area contributed by atoms with Gasteiger partial charge in [-0.2, -0.15) is 5.10 Å². The molecule has 0 saturated carbocycles. The number of carbonyl (C=O) groups excluding carboxylic acids is 2. The summed E-state index contributed by atoms with van der Waals surface area (Å²) in [7, 11) is 1.60. The number of anilines is 1. The molecule has 0 atom stereocenters. The van der Waals surface area contributed by atoms with Crippen molar-refractivity contribution < 1.29 is 23.6 Å². The van der Waals surface area contributed by atoms with Crippen LogP contribution in [-0.2, 0) is 14.3 Å². The first-order valence-corrected chi connectivity index (χ1v) is 10.4. The predicted octanol–water partition coefficient (Wildman–Crippen LogP) is 4.04. The van der Waals surface area contributed by atoms with Gasteiger partial charge in [0.1, 0.15) is 5.75 Å². The minimum atomic E-state index is -0.669. The Morgan fingerprint density at radius 3 is 2.56 bits per heavy atom. The third kappa shape index (κ3) is 5.57. The molecule has 9 nitrogen and oxygen atoms in total. The molecule has 0 aliphatic rings. The Balaban J connectivity index is 1.49. The molecule has 0 bridgehead atoms. The summed E-state index contributed by atoms with van der Waals surface area (Å²) in [4.78, 5) is 24.1. The van der Waals surface area contributed by atoms with Gasteiger partial charge in [-0.25, -0.2) is 9.48 Å². The second kappa shape index (κ2) is 10.3. The van der Waals surface area contributed by atoms with Crippen LogP contribution in [0, 0.1) is 6.92 Å². The first-order valence-electron chi connectivity index (χ1n) is 10.4. The van der Waals surface area contributed by atoms with Crippen LogP contribution < -0.4 is 10.1 Å². The number of amides is 1. The third-order valence-electron chi connectivity index (χ3n) is 4.76. The summed E-state index contributed by atoms with van der Waals surface area (Å²) < 4.78 is 16.9. The molecule has 34 heavy (non-hydrogen) atoms. The lowest BCUT2D eigenvalue weighted by Crippen LogP contribution is -2.19. The van der Waals surface area contributed by atoms with Crippen molar-refractivity contribution in [2.24, 2.45) is 0 Å². The number of hydrogen-bond acceptors (Lipinski definition) is 7. The summed E-state index contributed by atoms with van der Waals surface area (Å²) in [5, 5.41) is 10.8. The van der Waals surface area contributed by atoms with E-state index in [0.29, 0.717) is 17.0 Å². The van der Waals surface area contributed by atoms with E-state index >= 15 is 0 Å². The quantitative estimate of drug-likeness (QED) is 0.314. The van der Waals surface area contributed by atoms with Gasteiger partial charge in [-0.1, -0.05) is 23.4 Å². The van der Waals surface area contributed by atoms with Crippen molar-refractivity contribution in [1.29, 1.82) is 0 Å². The Kier molecular flexibility index (Phi) is 6.83. The summed E-state index contributed by atoms with van der Waals surface area (Å²) >= 11 is 0. The smallest absolute Gasteiger partial charge is 0.331 e. The number of benzene rings is 2. The second-order valence-corrected chi connectivity index (χ2v) is 7.26. The van der Waals surface area contributed by atoms with Gasteiger partial charge in [0.25, 0.3) is 5.91 Å². The van der Waals surface area contributed by atoms with Gasteiger partial charge in [0.05, 0.1) is 24.2 Å². The van der Waals surface area contributed by atoms with Gasteiger partial charge >= 0.3 is 5.97 Å². The van der Waals surface area contributed by atoms with Crippen molar-refractivity contribution in [2.75, 3.05) is 19.0 Å². The minimum Gasteiger partial charge on any atom is -0.497 e. The highest BCUT2D eigenvalue weighted by Gasteiger charge is 2.12. The van der Waals surface area contributed by atoms with E-state index in [2.05, 4.69) is 10.5 Å². The van der Waals surface area contributed by atoms with Gasteiger partial charge in [0.2, 0.25) is 5.88 Å².